The molecule has 0 bridgehead atoms. The Morgan fingerprint density at radius 3 is 1.11 bits per heavy atom. The van der Waals surface area contributed by atoms with Crippen molar-refractivity contribution in [2.45, 2.75) is 207 Å². The number of unbranched alkanes of at least 4 members (excludes halogenated alkanes) is 25. The SMILES string of the molecule is CCCCCCCCCCCCCCCCN(CC(C)O)C(=O)CCCCCCCCCCCCCCC. The fourth-order valence-electron chi connectivity index (χ4n) is 5.59. The van der Waals surface area contributed by atoms with Crippen LogP contribution < -0.4 is 0 Å². The lowest BCUT2D eigenvalue weighted by Crippen LogP contribution is -2.37. The highest BCUT2D eigenvalue weighted by molar-refractivity contribution is 5.76. The van der Waals surface area contributed by atoms with Gasteiger partial charge in [-0.05, 0) is 19.8 Å². The molecule has 1 amide bonds. The lowest BCUT2D eigenvalue weighted by molar-refractivity contribution is -0.132. The standard InChI is InChI=1S/C35H71NO2/c1-4-6-8-10-12-14-16-18-20-22-24-26-28-30-32-36(33-34(3)37)35(38)31-29-27-25-23-21-19-17-15-13-11-9-7-5-2/h34,37H,4-33H2,1-3H3. The molecular formula is C35H71NO2. The van der Waals surface area contributed by atoms with Gasteiger partial charge >= 0.3 is 0 Å². The van der Waals surface area contributed by atoms with E-state index in [1.54, 1.807) is 6.92 Å². The molecule has 0 aliphatic carbocycles. The van der Waals surface area contributed by atoms with Crippen molar-refractivity contribution in [3.8, 4) is 0 Å². The highest BCUT2D eigenvalue weighted by Gasteiger charge is 2.14. The van der Waals surface area contributed by atoms with E-state index < -0.39 is 6.10 Å². The molecule has 3 heteroatoms. The van der Waals surface area contributed by atoms with E-state index in [0.717, 1.165) is 19.4 Å². The summed E-state index contributed by atoms with van der Waals surface area (Å²) in [4.78, 5) is 14.7. The van der Waals surface area contributed by atoms with Crippen molar-refractivity contribution in [2.24, 2.45) is 0 Å². The number of hydrogen-bond donors (Lipinski definition) is 1. The summed E-state index contributed by atoms with van der Waals surface area (Å²) in [6.45, 7) is 7.68. The zero-order valence-corrected chi connectivity index (χ0v) is 26.6. The van der Waals surface area contributed by atoms with Crippen LogP contribution in [0.2, 0.25) is 0 Å². The van der Waals surface area contributed by atoms with Gasteiger partial charge in [0.25, 0.3) is 0 Å². The summed E-state index contributed by atoms with van der Waals surface area (Å²) < 4.78 is 0. The number of rotatable bonds is 31. The summed E-state index contributed by atoms with van der Waals surface area (Å²) in [5, 5.41) is 9.88. The molecule has 0 aliphatic rings. The van der Waals surface area contributed by atoms with E-state index in [-0.39, 0.29) is 5.91 Å². The second kappa shape index (κ2) is 31.0. The summed E-state index contributed by atoms with van der Waals surface area (Å²) in [6, 6.07) is 0. The van der Waals surface area contributed by atoms with Crippen LogP contribution in [0.5, 0.6) is 0 Å². The molecule has 0 fully saturated rings. The van der Waals surface area contributed by atoms with Crippen LogP contribution in [-0.4, -0.2) is 35.1 Å². The Balaban J connectivity index is 3.64. The number of hydrogen-bond acceptors (Lipinski definition) is 2. The smallest absolute Gasteiger partial charge is 0.222 e. The summed E-state index contributed by atoms with van der Waals surface area (Å²) in [5.41, 5.74) is 0. The van der Waals surface area contributed by atoms with Crippen LogP contribution >= 0.6 is 0 Å². The highest BCUT2D eigenvalue weighted by Crippen LogP contribution is 2.15. The predicted molar refractivity (Wildman–Crippen MR) is 169 cm³/mol. The Labute approximate surface area is 240 Å². The summed E-state index contributed by atoms with van der Waals surface area (Å²) in [5.74, 6) is 0.253. The van der Waals surface area contributed by atoms with Crippen molar-refractivity contribution in [2.75, 3.05) is 13.1 Å². The second-order valence-electron chi connectivity index (χ2n) is 12.3. The van der Waals surface area contributed by atoms with Gasteiger partial charge in [-0.3, -0.25) is 4.79 Å². The fraction of sp³-hybridized carbons (Fsp3) is 0.971. The zero-order chi connectivity index (χ0) is 27.9. The van der Waals surface area contributed by atoms with Gasteiger partial charge in [0, 0.05) is 19.5 Å². The van der Waals surface area contributed by atoms with Crippen LogP contribution in [0.4, 0.5) is 0 Å². The molecule has 1 atom stereocenters. The van der Waals surface area contributed by atoms with E-state index in [0.29, 0.717) is 13.0 Å². The minimum atomic E-state index is -0.433. The molecule has 0 aromatic heterocycles. The van der Waals surface area contributed by atoms with E-state index in [4.69, 9.17) is 0 Å². The molecule has 0 saturated heterocycles. The molecule has 3 nitrogen and oxygen atoms in total. The minimum Gasteiger partial charge on any atom is -0.392 e. The van der Waals surface area contributed by atoms with E-state index in [1.165, 1.54) is 161 Å². The molecule has 0 spiro atoms. The Bertz CT molecular complexity index is 465. The normalized spacial score (nSPS) is 12.2. The lowest BCUT2D eigenvalue weighted by Gasteiger charge is -2.24. The van der Waals surface area contributed by atoms with Gasteiger partial charge in [0.15, 0.2) is 0 Å². The van der Waals surface area contributed by atoms with Crippen molar-refractivity contribution in [1.82, 2.24) is 4.90 Å². The fourth-order valence-corrected chi connectivity index (χ4v) is 5.59. The van der Waals surface area contributed by atoms with Gasteiger partial charge in [0.2, 0.25) is 5.91 Å². The first-order valence-electron chi connectivity index (χ1n) is 17.6. The molecule has 0 aliphatic heterocycles. The van der Waals surface area contributed by atoms with Crippen LogP contribution in [-0.2, 0) is 4.79 Å². The largest absolute Gasteiger partial charge is 0.392 e. The number of amides is 1. The first-order chi connectivity index (χ1) is 18.6. The maximum atomic E-state index is 12.8. The van der Waals surface area contributed by atoms with Gasteiger partial charge < -0.3 is 10.0 Å². The third kappa shape index (κ3) is 28.4. The first kappa shape index (κ1) is 37.4. The Hall–Kier alpha value is -0.570. The number of carbonyl (C=O) groups is 1. The summed E-state index contributed by atoms with van der Waals surface area (Å²) >= 11 is 0. The lowest BCUT2D eigenvalue weighted by atomic mass is 10.0. The molecule has 0 saturated carbocycles. The van der Waals surface area contributed by atoms with Gasteiger partial charge in [-0.1, -0.05) is 174 Å². The second-order valence-corrected chi connectivity index (χ2v) is 12.3. The molecular weight excluding hydrogens is 466 g/mol. The van der Waals surface area contributed by atoms with Gasteiger partial charge in [-0.25, -0.2) is 0 Å². The average molecular weight is 538 g/mol. The van der Waals surface area contributed by atoms with Gasteiger partial charge in [-0.15, -0.1) is 0 Å². The van der Waals surface area contributed by atoms with Crippen LogP contribution in [0.15, 0.2) is 0 Å². The highest BCUT2D eigenvalue weighted by atomic mass is 16.3. The van der Waals surface area contributed by atoms with Crippen molar-refractivity contribution >= 4 is 5.91 Å². The molecule has 38 heavy (non-hydrogen) atoms. The third-order valence-corrected chi connectivity index (χ3v) is 8.11. The number of aliphatic hydroxyl groups excluding tert-OH is 1. The monoisotopic (exact) mass is 538 g/mol. The Kier molecular flexibility index (Phi) is 30.5. The predicted octanol–water partition coefficient (Wildman–Crippen LogP) is 11.2. The maximum Gasteiger partial charge on any atom is 0.222 e. The molecule has 1 unspecified atom stereocenters. The van der Waals surface area contributed by atoms with Gasteiger partial charge in [0.05, 0.1) is 6.10 Å². The quantitative estimate of drug-likeness (QED) is 0.0893. The van der Waals surface area contributed by atoms with Crippen LogP contribution in [0.25, 0.3) is 0 Å². The molecule has 0 aromatic carbocycles. The van der Waals surface area contributed by atoms with Gasteiger partial charge in [0.1, 0.15) is 0 Å². The summed E-state index contributed by atoms with van der Waals surface area (Å²) in [6.07, 6.45) is 36.5. The van der Waals surface area contributed by atoms with Crippen molar-refractivity contribution < 1.29 is 9.90 Å². The van der Waals surface area contributed by atoms with Crippen LogP contribution in [0.1, 0.15) is 201 Å². The van der Waals surface area contributed by atoms with Gasteiger partial charge in [-0.2, -0.15) is 0 Å². The van der Waals surface area contributed by atoms with Crippen molar-refractivity contribution in [1.29, 1.82) is 0 Å². The number of nitrogens with zero attached hydrogens (tertiary/aromatic N) is 1. The molecule has 0 aromatic rings. The average Bonchev–Trinajstić information content (AvgIpc) is 2.90. The Morgan fingerprint density at radius 2 is 0.789 bits per heavy atom. The third-order valence-electron chi connectivity index (χ3n) is 8.11. The summed E-state index contributed by atoms with van der Waals surface area (Å²) in [7, 11) is 0. The number of aliphatic hydroxyl groups is 1. The molecule has 228 valence electrons. The first-order valence-corrected chi connectivity index (χ1v) is 17.6. The molecule has 0 radical (unpaired) electrons. The molecule has 0 heterocycles. The number of carbonyl (C=O) groups excluding carboxylic acids is 1. The molecule has 0 rings (SSSR count). The van der Waals surface area contributed by atoms with Crippen molar-refractivity contribution in [3.63, 3.8) is 0 Å². The van der Waals surface area contributed by atoms with E-state index in [2.05, 4.69) is 13.8 Å². The molecule has 1 N–H and O–H groups in total. The Morgan fingerprint density at radius 1 is 0.500 bits per heavy atom. The van der Waals surface area contributed by atoms with Crippen LogP contribution in [0, 0.1) is 0 Å². The van der Waals surface area contributed by atoms with E-state index >= 15 is 0 Å². The maximum absolute atomic E-state index is 12.8. The zero-order valence-electron chi connectivity index (χ0n) is 26.6. The van der Waals surface area contributed by atoms with Crippen LogP contribution in [0.3, 0.4) is 0 Å². The minimum absolute atomic E-state index is 0.253. The van der Waals surface area contributed by atoms with Crippen molar-refractivity contribution in [3.05, 3.63) is 0 Å². The van der Waals surface area contributed by atoms with E-state index in [9.17, 15) is 9.90 Å². The topological polar surface area (TPSA) is 40.5 Å². The van der Waals surface area contributed by atoms with E-state index in [1.807, 2.05) is 4.90 Å².